The van der Waals surface area contributed by atoms with Gasteiger partial charge in [-0.2, -0.15) is 0 Å². The van der Waals surface area contributed by atoms with E-state index >= 15 is 0 Å². The molecule has 2 aliphatic rings. The van der Waals surface area contributed by atoms with Gasteiger partial charge in [-0.05, 0) is 32.1 Å². The number of nitrogens with one attached hydrogen (secondary N) is 1. The first kappa shape index (κ1) is 12.3. The van der Waals surface area contributed by atoms with Gasteiger partial charge < -0.3 is 5.32 Å². The quantitative estimate of drug-likeness (QED) is 0.803. The number of fused-ring (bicyclic) bond motifs is 2. The summed E-state index contributed by atoms with van der Waals surface area (Å²) in [6.07, 6.45) is 5.09. The lowest BCUT2D eigenvalue weighted by atomic mass is 10.0. The molecule has 0 aromatic heterocycles. The van der Waals surface area contributed by atoms with Crippen LogP contribution in [0.15, 0.2) is 0 Å². The van der Waals surface area contributed by atoms with Crippen LogP contribution in [0.2, 0.25) is 0 Å². The second-order valence-corrected chi connectivity index (χ2v) is 7.24. The van der Waals surface area contributed by atoms with Crippen molar-refractivity contribution < 1.29 is 8.42 Å². The molecule has 2 rings (SSSR count). The molecule has 16 heavy (non-hydrogen) atoms. The second-order valence-electron chi connectivity index (χ2n) is 5.10. The third-order valence-electron chi connectivity index (χ3n) is 3.86. The van der Waals surface area contributed by atoms with E-state index in [2.05, 4.69) is 5.32 Å². The Bertz CT molecular complexity index is 330. The Morgan fingerprint density at radius 2 is 1.81 bits per heavy atom. The van der Waals surface area contributed by atoms with E-state index in [0.717, 1.165) is 12.8 Å². The summed E-state index contributed by atoms with van der Waals surface area (Å²) < 4.78 is 25.6. The van der Waals surface area contributed by atoms with Gasteiger partial charge in [0.15, 0.2) is 0 Å². The summed E-state index contributed by atoms with van der Waals surface area (Å²) in [5, 5.41) is 3.54. The summed E-state index contributed by atoms with van der Waals surface area (Å²) in [5.74, 6) is 0.281. The Morgan fingerprint density at radius 1 is 1.25 bits per heavy atom. The molecule has 0 saturated carbocycles. The summed E-state index contributed by atoms with van der Waals surface area (Å²) in [6.45, 7) is 1.91. The van der Waals surface area contributed by atoms with Crippen LogP contribution in [0.3, 0.4) is 0 Å². The predicted octanol–water partition coefficient (Wildman–Crippen LogP) is 0.941. The molecule has 0 aliphatic carbocycles. The fourth-order valence-corrected chi connectivity index (χ4v) is 4.38. The van der Waals surface area contributed by atoms with Crippen LogP contribution in [0.25, 0.3) is 0 Å². The Kier molecular flexibility index (Phi) is 3.56. The molecule has 1 N–H and O–H groups in total. The lowest BCUT2D eigenvalue weighted by Crippen LogP contribution is -2.49. The minimum atomic E-state index is -3.02. The largest absolute Gasteiger partial charge is 0.311 e. The first-order valence-corrected chi connectivity index (χ1v) is 7.85. The zero-order valence-electron chi connectivity index (χ0n) is 10.1. The van der Waals surface area contributed by atoms with Gasteiger partial charge in [0.1, 0.15) is 0 Å². The maximum Gasteiger partial charge on any atom is 0.214 e. The van der Waals surface area contributed by atoms with Gasteiger partial charge >= 0.3 is 0 Å². The number of hydrogen-bond donors (Lipinski definition) is 1. The molecule has 2 fully saturated rings. The first-order valence-electron chi connectivity index (χ1n) is 6.24. The maximum atomic E-state index is 12.0. The SMILES string of the molecule is CCCS(=O)(=O)N(C)C1CC2CCC(C1)N2. The third-order valence-corrected chi connectivity index (χ3v) is 5.96. The Hall–Kier alpha value is -0.130. The number of nitrogens with zero attached hydrogens (tertiary/aromatic N) is 1. The number of rotatable bonds is 4. The fourth-order valence-electron chi connectivity index (χ4n) is 2.95. The van der Waals surface area contributed by atoms with Crippen LogP contribution in [0.1, 0.15) is 39.0 Å². The van der Waals surface area contributed by atoms with Gasteiger partial charge in [-0.25, -0.2) is 12.7 Å². The molecule has 0 radical (unpaired) electrons. The van der Waals surface area contributed by atoms with Crippen LogP contribution in [-0.2, 0) is 10.0 Å². The van der Waals surface area contributed by atoms with Gasteiger partial charge in [0.05, 0.1) is 5.75 Å². The molecule has 0 amide bonds. The van der Waals surface area contributed by atoms with Gasteiger partial charge in [-0.3, -0.25) is 0 Å². The summed E-state index contributed by atoms with van der Waals surface area (Å²) in [4.78, 5) is 0. The average Bonchev–Trinajstić information content (AvgIpc) is 2.56. The number of sulfonamides is 1. The molecular weight excluding hydrogens is 224 g/mol. The highest BCUT2D eigenvalue weighted by molar-refractivity contribution is 7.89. The maximum absolute atomic E-state index is 12.0. The normalized spacial score (nSPS) is 34.6. The van der Waals surface area contributed by atoms with Crippen molar-refractivity contribution in [2.75, 3.05) is 12.8 Å². The Morgan fingerprint density at radius 3 is 2.31 bits per heavy atom. The van der Waals surface area contributed by atoms with Crippen molar-refractivity contribution >= 4 is 10.0 Å². The summed E-state index contributed by atoms with van der Waals surface area (Å²) in [5.41, 5.74) is 0. The summed E-state index contributed by atoms with van der Waals surface area (Å²) in [6, 6.07) is 1.31. The highest BCUT2D eigenvalue weighted by atomic mass is 32.2. The van der Waals surface area contributed by atoms with E-state index in [4.69, 9.17) is 0 Å². The monoisotopic (exact) mass is 246 g/mol. The topological polar surface area (TPSA) is 49.4 Å². The van der Waals surface area contributed by atoms with E-state index in [-0.39, 0.29) is 11.8 Å². The standard InChI is InChI=1S/C11H22N2O2S/c1-3-6-16(14,15)13(2)11-7-9-4-5-10(8-11)12-9/h9-12H,3-8H2,1-2H3. The molecule has 2 atom stereocenters. The van der Waals surface area contributed by atoms with Crippen molar-refractivity contribution in [3.63, 3.8) is 0 Å². The molecular formula is C11H22N2O2S. The lowest BCUT2D eigenvalue weighted by Gasteiger charge is -2.34. The fraction of sp³-hybridized carbons (Fsp3) is 1.00. The van der Waals surface area contributed by atoms with Crippen LogP contribution in [0, 0.1) is 0 Å². The summed E-state index contributed by atoms with van der Waals surface area (Å²) in [7, 11) is -1.27. The molecule has 0 aromatic rings. The smallest absolute Gasteiger partial charge is 0.214 e. The number of piperidine rings is 1. The highest BCUT2D eigenvalue weighted by Gasteiger charge is 2.37. The molecule has 2 saturated heterocycles. The zero-order valence-corrected chi connectivity index (χ0v) is 11.0. The molecule has 0 spiro atoms. The Labute approximate surface area is 98.4 Å². The molecule has 5 heteroatoms. The van der Waals surface area contributed by atoms with Crippen molar-refractivity contribution in [2.45, 2.75) is 57.2 Å². The Balaban J connectivity index is 2.02. The molecule has 2 heterocycles. The lowest BCUT2D eigenvalue weighted by molar-refractivity contribution is 0.251. The van der Waals surface area contributed by atoms with Crippen molar-refractivity contribution in [2.24, 2.45) is 0 Å². The van der Waals surface area contributed by atoms with E-state index in [9.17, 15) is 8.42 Å². The van der Waals surface area contributed by atoms with Gasteiger partial charge in [-0.1, -0.05) is 6.92 Å². The van der Waals surface area contributed by atoms with Gasteiger partial charge in [-0.15, -0.1) is 0 Å². The van der Waals surface area contributed by atoms with Crippen molar-refractivity contribution in [1.29, 1.82) is 0 Å². The predicted molar refractivity (Wildman–Crippen MR) is 64.8 cm³/mol. The molecule has 0 aromatic carbocycles. The van der Waals surface area contributed by atoms with E-state index in [1.165, 1.54) is 12.8 Å². The zero-order chi connectivity index (χ0) is 11.8. The summed E-state index contributed by atoms with van der Waals surface area (Å²) >= 11 is 0. The molecule has 2 unspecified atom stereocenters. The second kappa shape index (κ2) is 4.63. The van der Waals surface area contributed by atoms with Crippen molar-refractivity contribution in [3.8, 4) is 0 Å². The van der Waals surface area contributed by atoms with Gasteiger partial charge in [0.2, 0.25) is 10.0 Å². The van der Waals surface area contributed by atoms with Crippen molar-refractivity contribution in [1.82, 2.24) is 9.62 Å². The van der Waals surface area contributed by atoms with Crippen LogP contribution in [-0.4, -0.2) is 43.6 Å². The highest BCUT2D eigenvalue weighted by Crippen LogP contribution is 2.30. The number of hydrogen-bond acceptors (Lipinski definition) is 3. The molecule has 2 bridgehead atoms. The molecule has 4 nitrogen and oxygen atoms in total. The van der Waals surface area contributed by atoms with E-state index < -0.39 is 10.0 Å². The average molecular weight is 246 g/mol. The van der Waals surface area contributed by atoms with E-state index in [0.29, 0.717) is 18.5 Å². The molecule has 94 valence electrons. The molecule has 2 aliphatic heterocycles. The van der Waals surface area contributed by atoms with Crippen LogP contribution >= 0.6 is 0 Å². The van der Waals surface area contributed by atoms with Crippen LogP contribution in [0.5, 0.6) is 0 Å². The van der Waals surface area contributed by atoms with Gasteiger partial charge in [0, 0.05) is 25.2 Å². The first-order chi connectivity index (χ1) is 7.53. The third kappa shape index (κ3) is 2.41. The van der Waals surface area contributed by atoms with Gasteiger partial charge in [0.25, 0.3) is 0 Å². The van der Waals surface area contributed by atoms with Crippen LogP contribution in [0.4, 0.5) is 0 Å². The van der Waals surface area contributed by atoms with E-state index in [1.807, 2.05) is 6.92 Å². The van der Waals surface area contributed by atoms with E-state index in [1.54, 1.807) is 11.4 Å². The minimum absolute atomic E-state index is 0.218. The van der Waals surface area contributed by atoms with Crippen molar-refractivity contribution in [3.05, 3.63) is 0 Å². The van der Waals surface area contributed by atoms with Crippen LogP contribution < -0.4 is 5.32 Å². The minimum Gasteiger partial charge on any atom is -0.311 e.